The molecule has 2 heterocycles. The number of thiazole rings is 1. The van der Waals surface area contributed by atoms with Crippen molar-refractivity contribution in [2.75, 3.05) is 11.1 Å². The third-order valence-electron chi connectivity index (χ3n) is 2.12. The predicted molar refractivity (Wildman–Crippen MR) is 65.2 cm³/mol. The largest absolute Gasteiger partial charge is 0.381 e. The lowest BCUT2D eigenvalue weighted by Crippen LogP contribution is -2.28. The summed E-state index contributed by atoms with van der Waals surface area (Å²) in [5.74, 6) is 0.981. The second kappa shape index (κ2) is 4.05. The predicted octanol–water partition coefficient (Wildman–Crippen LogP) is 1.86. The first-order chi connectivity index (χ1) is 7.59. The van der Waals surface area contributed by atoms with Gasteiger partial charge in [0.15, 0.2) is 11.6 Å². The fourth-order valence-electron chi connectivity index (χ4n) is 1.33. The van der Waals surface area contributed by atoms with Crippen molar-refractivity contribution in [3.8, 4) is 0 Å². The van der Waals surface area contributed by atoms with E-state index in [1.165, 1.54) is 0 Å². The van der Waals surface area contributed by atoms with E-state index >= 15 is 0 Å². The number of nitrogens with zero attached hydrogens (tertiary/aromatic N) is 3. The van der Waals surface area contributed by atoms with E-state index in [1.54, 1.807) is 29.9 Å². The molecule has 0 aliphatic carbocycles. The molecule has 2 rings (SSSR count). The Labute approximate surface area is 97.8 Å². The Morgan fingerprint density at radius 3 is 2.56 bits per heavy atom. The van der Waals surface area contributed by atoms with E-state index in [9.17, 15) is 0 Å². The SMILES string of the molecule is CC(C)(Nc1nccnc1N)c1nccs1. The molecule has 0 atom stereocenters. The van der Waals surface area contributed by atoms with Crippen molar-refractivity contribution >= 4 is 23.0 Å². The highest BCUT2D eigenvalue weighted by Gasteiger charge is 2.24. The monoisotopic (exact) mass is 235 g/mol. The first kappa shape index (κ1) is 10.8. The Morgan fingerprint density at radius 2 is 1.94 bits per heavy atom. The van der Waals surface area contributed by atoms with Gasteiger partial charge in [-0.05, 0) is 13.8 Å². The second-order valence-corrected chi connectivity index (χ2v) is 4.77. The van der Waals surface area contributed by atoms with Crippen LogP contribution in [0.1, 0.15) is 18.9 Å². The molecule has 0 saturated carbocycles. The maximum absolute atomic E-state index is 5.73. The third kappa shape index (κ3) is 2.11. The highest BCUT2D eigenvalue weighted by Crippen LogP contribution is 2.27. The van der Waals surface area contributed by atoms with E-state index in [1.807, 2.05) is 19.2 Å². The van der Waals surface area contributed by atoms with Crippen molar-refractivity contribution in [1.29, 1.82) is 0 Å². The maximum atomic E-state index is 5.73. The molecule has 0 aliphatic heterocycles. The topological polar surface area (TPSA) is 76.7 Å². The number of nitrogen functional groups attached to an aromatic ring is 1. The zero-order valence-electron chi connectivity index (χ0n) is 9.14. The molecule has 0 aliphatic rings. The van der Waals surface area contributed by atoms with Gasteiger partial charge in [0.25, 0.3) is 0 Å². The molecule has 6 heteroatoms. The lowest BCUT2D eigenvalue weighted by molar-refractivity contribution is 0.601. The number of hydrogen-bond donors (Lipinski definition) is 2. The van der Waals surface area contributed by atoms with Crippen molar-refractivity contribution in [3.05, 3.63) is 29.0 Å². The van der Waals surface area contributed by atoms with Gasteiger partial charge < -0.3 is 11.1 Å². The van der Waals surface area contributed by atoms with Crippen LogP contribution in [-0.4, -0.2) is 15.0 Å². The highest BCUT2D eigenvalue weighted by molar-refractivity contribution is 7.09. The van der Waals surface area contributed by atoms with Gasteiger partial charge in [0.2, 0.25) is 0 Å². The summed E-state index contributed by atoms with van der Waals surface area (Å²) in [6.45, 7) is 4.06. The summed E-state index contributed by atoms with van der Waals surface area (Å²) in [7, 11) is 0. The Morgan fingerprint density at radius 1 is 1.19 bits per heavy atom. The van der Waals surface area contributed by atoms with Crippen LogP contribution in [0.15, 0.2) is 24.0 Å². The Balaban J connectivity index is 2.25. The van der Waals surface area contributed by atoms with Crippen LogP contribution in [0.25, 0.3) is 0 Å². The average molecular weight is 235 g/mol. The summed E-state index contributed by atoms with van der Waals surface area (Å²) in [5, 5.41) is 6.17. The number of aromatic nitrogens is 3. The summed E-state index contributed by atoms with van der Waals surface area (Å²) in [5.41, 5.74) is 5.42. The van der Waals surface area contributed by atoms with Crippen LogP contribution in [0.2, 0.25) is 0 Å². The van der Waals surface area contributed by atoms with Crippen LogP contribution in [-0.2, 0) is 5.54 Å². The first-order valence-corrected chi connectivity index (χ1v) is 5.72. The minimum Gasteiger partial charge on any atom is -0.381 e. The van der Waals surface area contributed by atoms with Crippen molar-refractivity contribution in [2.45, 2.75) is 19.4 Å². The molecule has 3 N–H and O–H groups in total. The number of anilines is 2. The fraction of sp³-hybridized carbons (Fsp3) is 0.300. The summed E-state index contributed by atoms with van der Waals surface area (Å²) in [6, 6.07) is 0. The van der Waals surface area contributed by atoms with E-state index in [0.29, 0.717) is 11.6 Å². The Kier molecular flexibility index (Phi) is 2.74. The first-order valence-electron chi connectivity index (χ1n) is 4.84. The normalized spacial score (nSPS) is 11.4. The fourth-order valence-corrected chi connectivity index (χ4v) is 2.04. The molecule has 0 aromatic carbocycles. The summed E-state index contributed by atoms with van der Waals surface area (Å²) in [4.78, 5) is 12.4. The van der Waals surface area contributed by atoms with Gasteiger partial charge in [-0.2, -0.15) is 0 Å². The number of rotatable bonds is 3. The van der Waals surface area contributed by atoms with E-state index < -0.39 is 0 Å². The summed E-state index contributed by atoms with van der Waals surface area (Å²) in [6.07, 6.45) is 4.96. The van der Waals surface area contributed by atoms with Gasteiger partial charge in [-0.15, -0.1) is 11.3 Å². The van der Waals surface area contributed by atoms with Gasteiger partial charge >= 0.3 is 0 Å². The minimum atomic E-state index is -0.307. The van der Waals surface area contributed by atoms with Crippen LogP contribution in [0, 0.1) is 0 Å². The van der Waals surface area contributed by atoms with Crippen LogP contribution in [0.5, 0.6) is 0 Å². The van der Waals surface area contributed by atoms with Crippen molar-refractivity contribution in [2.24, 2.45) is 0 Å². The molecule has 84 valence electrons. The summed E-state index contributed by atoms with van der Waals surface area (Å²) >= 11 is 1.59. The number of nitrogens with one attached hydrogen (secondary N) is 1. The smallest absolute Gasteiger partial charge is 0.169 e. The van der Waals surface area contributed by atoms with Crippen LogP contribution < -0.4 is 11.1 Å². The average Bonchev–Trinajstić information content (AvgIpc) is 2.75. The van der Waals surface area contributed by atoms with Crippen LogP contribution in [0.4, 0.5) is 11.6 Å². The third-order valence-corrected chi connectivity index (χ3v) is 3.22. The Hall–Kier alpha value is -1.69. The van der Waals surface area contributed by atoms with E-state index in [0.717, 1.165) is 5.01 Å². The molecular formula is C10H13N5S. The molecule has 16 heavy (non-hydrogen) atoms. The molecule has 0 unspecified atom stereocenters. The van der Waals surface area contributed by atoms with E-state index in [2.05, 4.69) is 20.3 Å². The quantitative estimate of drug-likeness (QED) is 0.849. The zero-order chi connectivity index (χ0) is 11.6. The Bertz CT molecular complexity index is 466. The van der Waals surface area contributed by atoms with E-state index in [-0.39, 0.29) is 5.54 Å². The number of nitrogens with two attached hydrogens (primary N) is 1. The second-order valence-electron chi connectivity index (χ2n) is 3.88. The minimum absolute atomic E-state index is 0.307. The molecule has 5 nitrogen and oxygen atoms in total. The van der Waals surface area contributed by atoms with Crippen LogP contribution >= 0.6 is 11.3 Å². The molecule has 0 radical (unpaired) electrons. The highest BCUT2D eigenvalue weighted by atomic mass is 32.1. The van der Waals surface area contributed by atoms with E-state index in [4.69, 9.17) is 5.73 Å². The molecule has 0 amide bonds. The molecule has 2 aromatic heterocycles. The maximum Gasteiger partial charge on any atom is 0.169 e. The molecule has 2 aromatic rings. The lowest BCUT2D eigenvalue weighted by atomic mass is 10.1. The van der Waals surface area contributed by atoms with Gasteiger partial charge in [-0.3, -0.25) is 0 Å². The van der Waals surface area contributed by atoms with Gasteiger partial charge in [-0.25, -0.2) is 15.0 Å². The summed E-state index contributed by atoms with van der Waals surface area (Å²) < 4.78 is 0. The molecule has 0 fully saturated rings. The number of hydrogen-bond acceptors (Lipinski definition) is 6. The van der Waals surface area contributed by atoms with Crippen molar-refractivity contribution in [1.82, 2.24) is 15.0 Å². The van der Waals surface area contributed by atoms with Crippen LogP contribution in [0.3, 0.4) is 0 Å². The zero-order valence-corrected chi connectivity index (χ0v) is 9.95. The molecule has 0 bridgehead atoms. The standard InChI is InChI=1S/C10H13N5S/c1-10(2,9-14-5-6-16-9)15-8-7(11)12-3-4-13-8/h3-6H,1-2H3,(H2,11,12)(H,13,15). The van der Waals surface area contributed by atoms with Crippen molar-refractivity contribution < 1.29 is 0 Å². The van der Waals surface area contributed by atoms with Crippen molar-refractivity contribution in [3.63, 3.8) is 0 Å². The van der Waals surface area contributed by atoms with Gasteiger partial charge in [0, 0.05) is 24.0 Å². The van der Waals surface area contributed by atoms with Gasteiger partial charge in [-0.1, -0.05) is 0 Å². The van der Waals surface area contributed by atoms with Gasteiger partial charge in [0.05, 0.1) is 5.54 Å². The molecular weight excluding hydrogens is 222 g/mol. The van der Waals surface area contributed by atoms with Gasteiger partial charge in [0.1, 0.15) is 5.01 Å². The lowest BCUT2D eigenvalue weighted by Gasteiger charge is -2.24. The molecule has 0 spiro atoms. The molecule has 0 saturated heterocycles.